The van der Waals surface area contributed by atoms with Gasteiger partial charge >= 0.3 is 0 Å². The van der Waals surface area contributed by atoms with Crippen molar-refractivity contribution in [1.29, 1.82) is 0 Å². The van der Waals surface area contributed by atoms with E-state index in [1.807, 2.05) is 11.8 Å². The largest absolute Gasteiger partial charge is 0.379 e. The second kappa shape index (κ2) is 6.93. The molecule has 2 aromatic carbocycles. The Labute approximate surface area is 171 Å². The van der Waals surface area contributed by atoms with E-state index in [9.17, 15) is 0 Å². The number of fused-ring (bicyclic) bond motifs is 2. The number of hydrogen-bond donors (Lipinski definition) is 0. The van der Waals surface area contributed by atoms with Gasteiger partial charge in [0, 0.05) is 35.3 Å². The van der Waals surface area contributed by atoms with Crippen molar-refractivity contribution in [3.63, 3.8) is 0 Å². The first-order chi connectivity index (χ1) is 13.2. The molecule has 0 bridgehead atoms. The van der Waals surface area contributed by atoms with E-state index in [0.29, 0.717) is 0 Å². The third-order valence-corrected chi connectivity index (χ3v) is 6.62. The first-order valence-corrected chi connectivity index (χ1v) is 10.7. The molecular formula is C21H18BrN3OS. The summed E-state index contributed by atoms with van der Waals surface area (Å²) < 4.78 is 6.46. The maximum Gasteiger partial charge on any atom is 0.229 e. The number of hydrogen-bond acceptors (Lipinski definition) is 5. The standard InChI is InChI=1S/C21H18BrN3OS/c22-16-9-23-20(24-10-16)25-12-21(13-26-14-21)18-7-6-17(8-19(18)25)27-11-15-4-2-1-3-5-15/h1-10H,11-14H2. The van der Waals surface area contributed by atoms with E-state index < -0.39 is 0 Å². The summed E-state index contributed by atoms with van der Waals surface area (Å²) in [6.07, 6.45) is 3.61. The van der Waals surface area contributed by atoms with E-state index in [4.69, 9.17) is 4.74 Å². The zero-order valence-corrected chi connectivity index (χ0v) is 17.0. The average molecular weight is 440 g/mol. The van der Waals surface area contributed by atoms with E-state index in [1.54, 1.807) is 12.4 Å². The Hall–Kier alpha value is -1.89. The third-order valence-electron chi connectivity index (χ3n) is 5.15. The quantitative estimate of drug-likeness (QED) is 0.537. The molecule has 0 radical (unpaired) electrons. The normalized spacial score (nSPS) is 17.0. The van der Waals surface area contributed by atoms with Crippen LogP contribution in [0.2, 0.25) is 0 Å². The van der Waals surface area contributed by atoms with Crippen LogP contribution in [0.4, 0.5) is 11.6 Å². The van der Waals surface area contributed by atoms with Crippen LogP contribution in [-0.4, -0.2) is 29.7 Å². The smallest absolute Gasteiger partial charge is 0.229 e. The highest BCUT2D eigenvalue weighted by atomic mass is 79.9. The fraction of sp³-hybridized carbons (Fsp3) is 0.238. The lowest BCUT2D eigenvalue weighted by Crippen LogP contribution is -2.49. The van der Waals surface area contributed by atoms with Crippen LogP contribution < -0.4 is 4.90 Å². The van der Waals surface area contributed by atoms with Gasteiger partial charge in [0.05, 0.1) is 23.1 Å². The van der Waals surface area contributed by atoms with Gasteiger partial charge in [0.15, 0.2) is 0 Å². The summed E-state index contributed by atoms with van der Waals surface area (Å²) in [4.78, 5) is 12.5. The maximum absolute atomic E-state index is 5.58. The van der Waals surface area contributed by atoms with Crippen LogP contribution in [0, 0.1) is 0 Å². The topological polar surface area (TPSA) is 38.2 Å². The van der Waals surface area contributed by atoms with Crippen LogP contribution in [-0.2, 0) is 15.9 Å². The van der Waals surface area contributed by atoms with Gasteiger partial charge in [-0.05, 0) is 39.2 Å². The molecule has 0 unspecified atom stereocenters. The van der Waals surface area contributed by atoms with Crippen molar-refractivity contribution in [2.45, 2.75) is 16.1 Å². The van der Waals surface area contributed by atoms with Crippen LogP contribution in [0.3, 0.4) is 0 Å². The molecule has 0 aliphatic carbocycles. The molecule has 3 aromatic rings. The number of anilines is 2. The Morgan fingerprint density at radius 1 is 1.07 bits per heavy atom. The Morgan fingerprint density at radius 2 is 1.85 bits per heavy atom. The summed E-state index contributed by atoms with van der Waals surface area (Å²) in [5, 5.41) is 0. The highest BCUT2D eigenvalue weighted by Gasteiger charge is 2.49. The van der Waals surface area contributed by atoms with Crippen molar-refractivity contribution in [2.75, 3.05) is 24.7 Å². The lowest BCUT2D eigenvalue weighted by atomic mass is 9.81. The summed E-state index contributed by atoms with van der Waals surface area (Å²) in [6, 6.07) is 17.4. The van der Waals surface area contributed by atoms with Gasteiger partial charge in [-0.2, -0.15) is 0 Å². The maximum atomic E-state index is 5.58. The fourth-order valence-corrected chi connectivity index (χ4v) is 4.80. The van der Waals surface area contributed by atoms with Crippen molar-refractivity contribution in [1.82, 2.24) is 9.97 Å². The minimum atomic E-state index is 0.0778. The van der Waals surface area contributed by atoms with Crippen LogP contribution in [0.1, 0.15) is 11.1 Å². The molecule has 136 valence electrons. The monoisotopic (exact) mass is 439 g/mol. The minimum Gasteiger partial charge on any atom is -0.379 e. The van der Waals surface area contributed by atoms with Crippen LogP contribution in [0.15, 0.2) is 70.3 Å². The van der Waals surface area contributed by atoms with Gasteiger partial charge in [-0.3, -0.25) is 0 Å². The molecule has 0 N–H and O–H groups in total. The minimum absolute atomic E-state index is 0.0778. The van der Waals surface area contributed by atoms with Gasteiger partial charge < -0.3 is 9.64 Å². The predicted molar refractivity (Wildman–Crippen MR) is 112 cm³/mol. The second-order valence-electron chi connectivity index (χ2n) is 7.01. The van der Waals surface area contributed by atoms with Crippen molar-refractivity contribution >= 4 is 39.3 Å². The van der Waals surface area contributed by atoms with E-state index in [2.05, 4.69) is 79.3 Å². The predicted octanol–water partition coefficient (Wildman–Crippen LogP) is 4.95. The molecule has 27 heavy (non-hydrogen) atoms. The molecule has 1 aromatic heterocycles. The Kier molecular flexibility index (Phi) is 4.42. The highest BCUT2D eigenvalue weighted by Crippen LogP contribution is 2.48. The summed E-state index contributed by atoms with van der Waals surface area (Å²) in [6.45, 7) is 2.41. The van der Waals surface area contributed by atoms with Gasteiger partial charge in [-0.15, -0.1) is 11.8 Å². The van der Waals surface area contributed by atoms with Gasteiger partial charge in [0.1, 0.15) is 0 Å². The lowest BCUT2D eigenvalue weighted by molar-refractivity contribution is -0.0507. The van der Waals surface area contributed by atoms with Gasteiger partial charge in [0.25, 0.3) is 0 Å². The first kappa shape index (κ1) is 17.2. The SMILES string of the molecule is Brc1cnc(N2CC3(COC3)c3ccc(SCc4ccccc4)cc32)nc1. The molecule has 3 heterocycles. The van der Waals surface area contributed by atoms with Gasteiger partial charge in [-0.25, -0.2) is 9.97 Å². The molecule has 2 aliphatic rings. The first-order valence-electron chi connectivity index (χ1n) is 8.88. The van der Waals surface area contributed by atoms with Crippen LogP contribution in [0.25, 0.3) is 0 Å². The molecule has 1 saturated heterocycles. The van der Waals surface area contributed by atoms with Crippen molar-refractivity contribution in [3.05, 3.63) is 76.5 Å². The zero-order chi connectivity index (χ0) is 18.3. The number of thioether (sulfide) groups is 1. The number of ether oxygens (including phenoxy) is 1. The molecular weight excluding hydrogens is 422 g/mol. The molecule has 5 rings (SSSR count). The van der Waals surface area contributed by atoms with E-state index in [-0.39, 0.29) is 5.41 Å². The number of rotatable bonds is 4. The zero-order valence-electron chi connectivity index (χ0n) is 14.6. The van der Waals surface area contributed by atoms with Crippen molar-refractivity contribution in [2.24, 2.45) is 0 Å². The second-order valence-corrected chi connectivity index (χ2v) is 8.98. The summed E-state index contributed by atoms with van der Waals surface area (Å²) in [5.41, 5.74) is 3.97. The van der Waals surface area contributed by atoms with Crippen LogP contribution >= 0.6 is 27.7 Å². The molecule has 2 aliphatic heterocycles. The molecule has 1 fully saturated rings. The Bertz CT molecular complexity index is 961. The average Bonchev–Trinajstić information content (AvgIpc) is 3.03. The summed E-state index contributed by atoms with van der Waals surface area (Å²) >= 11 is 5.28. The van der Waals surface area contributed by atoms with E-state index in [1.165, 1.54) is 21.7 Å². The van der Waals surface area contributed by atoms with Gasteiger partial charge in [-0.1, -0.05) is 36.4 Å². The summed E-state index contributed by atoms with van der Waals surface area (Å²) in [5.74, 6) is 1.70. The molecule has 6 heteroatoms. The third kappa shape index (κ3) is 3.16. The van der Waals surface area contributed by atoms with Crippen LogP contribution in [0.5, 0.6) is 0 Å². The van der Waals surface area contributed by atoms with E-state index >= 15 is 0 Å². The number of nitrogens with zero attached hydrogens (tertiary/aromatic N) is 3. The van der Waals surface area contributed by atoms with Crippen molar-refractivity contribution in [3.8, 4) is 0 Å². The highest BCUT2D eigenvalue weighted by molar-refractivity contribution is 9.10. The summed E-state index contributed by atoms with van der Waals surface area (Å²) in [7, 11) is 0. The lowest BCUT2D eigenvalue weighted by Gasteiger charge is -2.38. The fourth-order valence-electron chi connectivity index (χ4n) is 3.71. The Balaban J connectivity index is 1.46. The molecule has 4 nitrogen and oxygen atoms in total. The molecule has 1 spiro atoms. The number of aromatic nitrogens is 2. The van der Waals surface area contributed by atoms with Crippen molar-refractivity contribution < 1.29 is 4.74 Å². The molecule has 0 amide bonds. The Morgan fingerprint density at radius 3 is 2.56 bits per heavy atom. The number of benzene rings is 2. The van der Waals surface area contributed by atoms with Gasteiger partial charge in [0.2, 0.25) is 5.95 Å². The van der Waals surface area contributed by atoms with E-state index in [0.717, 1.165) is 35.9 Å². The molecule has 0 atom stereocenters. The molecule has 0 saturated carbocycles. The number of halogens is 1.